The van der Waals surface area contributed by atoms with Gasteiger partial charge < -0.3 is 11.1 Å². The molecule has 3 aromatic rings. The highest BCUT2D eigenvalue weighted by Gasteiger charge is 2.20. The van der Waals surface area contributed by atoms with E-state index in [9.17, 15) is 9.59 Å². The number of rotatable bonds is 5. The minimum absolute atomic E-state index is 0.334. The Bertz CT molecular complexity index is 968. The number of amides is 2. The van der Waals surface area contributed by atoms with Gasteiger partial charge in [-0.1, -0.05) is 74.3 Å². The molecular weight excluding hydrogens is 460 g/mol. The summed E-state index contributed by atoms with van der Waals surface area (Å²) in [5.41, 5.74) is 6.89. The Hall–Kier alpha value is -2.18. The Morgan fingerprint density at radius 2 is 1.58 bits per heavy atom. The topological polar surface area (TPSA) is 72.2 Å². The van der Waals surface area contributed by atoms with Crippen LogP contribution in [0.4, 0.5) is 0 Å². The third-order valence-corrected chi connectivity index (χ3v) is 4.94. The van der Waals surface area contributed by atoms with E-state index < -0.39 is 11.9 Å². The fourth-order valence-corrected chi connectivity index (χ4v) is 4.04. The first-order valence-corrected chi connectivity index (χ1v) is 9.55. The number of carbonyl (C=O) groups is 2. The first-order valence-electron chi connectivity index (χ1n) is 7.96. The summed E-state index contributed by atoms with van der Waals surface area (Å²) < 4.78 is 1.53. The summed E-state index contributed by atoms with van der Waals surface area (Å²) in [4.78, 5) is 24.4. The molecule has 0 radical (unpaired) electrons. The molecule has 6 heteroatoms. The van der Waals surface area contributed by atoms with Gasteiger partial charge >= 0.3 is 0 Å². The molecule has 26 heavy (non-hydrogen) atoms. The first kappa shape index (κ1) is 18.6. The van der Waals surface area contributed by atoms with Crippen molar-refractivity contribution < 1.29 is 9.59 Å². The van der Waals surface area contributed by atoms with Crippen LogP contribution in [0.15, 0.2) is 69.6 Å². The molecule has 0 aliphatic heterocycles. The maximum atomic E-state index is 12.5. The predicted molar refractivity (Wildman–Crippen MR) is 110 cm³/mol. The summed E-state index contributed by atoms with van der Waals surface area (Å²) in [6.45, 7) is 0. The lowest BCUT2D eigenvalue weighted by atomic mass is 10.0. The highest BCUT2D eigenvalue weighted by atomic mass is 79.9. The number of hydrogen-bond acceptors (Lipinski definition) is 2. The van der Waals surface area contributed by atoms with E-state index in [0.717, 1.165) is 25.3 Å². The molecule has 3 N–H and O–H groups in total. The average molecular weight is 476 g/mol. The first-order chi connectivity index (χ1) is 12.4. The van der Waals surface area contributed by atoms with Gasteiger partial charge in [0.1, 0.15) is 6.04 Å². The quantitative estimate of drug-likeness (QED) is 0.580. The van der Waals surface area contributed by atoms with E-state index >= 15 is 0 Å². The summed E-state index contributed by atoms with van der Waals surface area (Å²) in [7, 11) is 0. The van der Waals surface area contributed by atoms with Crippen LogP contribution in [-0.2, 0) is 11.2 Å². The molecule has 4 nitrogen and oxygen atoms in total. The Labute approximate surface area is 168 Å². The molecule has 0 heterocycles. The van der Waals surface area contributed by atoms with E-state index in [2.05, 4.69) is 37.2 Å². The number of halogens is 2. The number of hydrogen-bond donors (Lipinski definition) is 2. The van der Waals surface area contributed by atoms with Crippen LogP contribution in [0.2, 0.25) is 0 Å². The molecule has 0 spiro atoms. The summed E-state index contributed by atoms with van der Waals surface area (Å²) in [5.74, 6) is -0.919. The van der Waals surface area contributed by atoms with E-state index in [1.54, 1.807) is 12.1 Å². The smallest absolute Gasteiger partial charge is 0.252 e. The zero-order valence-corrected chi connectivity index (χ0v) is 16.9. The highest BCUT2D eigenvalue weighted by molar-refractivity contribution is 9.11. The summed E-state index contributed by atoms with van der Waals surface area (Å²) in [6.07, 6.45) is 0.334. The molecule has 0 bridgehead atoms. The van der Waals surface area contributed by atoms with Crippen molar-refractivity contribution in [1.29, 1.82) is 0 Å². The SMILES string of the molecule is NC(=O)[C@@H](Cc1ccc2ccccc2c1)NC(=O)c1cc(Br)cc(Br)c1. The van der Waals surface area contributed by atoms with Crippen LogP contribution in [0.3, 0.4) is 0 Å². The maximum Gasteiger partial charge on any atom is 0.252 e. The largest absolute Gasteiger partial charge is 0.368 e. The van der Waals surface area contributed by atoms with Crippen LogP contribution in [0.25, 0.3) is 10.8 Å². The maximum absolute atomic E-state index is 12.5. The molecule has 0 fully saturated rings. The van der Waals surface area contributed by atoms with Crippen molar-refractivity contribution in [2.45, 2.75) is 12.5 Å². The van der Waals surface area contributed by atoms with Crippen LogP contribution >= 0.6 is 31.9 Å². The van der Waals surface area contributed by atoms with Crippen molar-refractivity contribution in [3.63, 3.8) is 0 Å². The van der Waals surface area contributed by atoms with Gasteiger partial charge in [0, 0.05) is 20.9 Å². The summed E-state index contributed by atoms with van der Waals surface area (Å²) >= 11 is 6.70. The molecule has 132 valence electrons. The van der Waals surface area contributed by atoms with Crippen molar-refractivity contribution >= 4 is 54.4 Å². The van der Waals surface area contributed by atoms with E-state index in [1.807, 2.05) is 48.5 Å². The monoisotopic (exact) mass is 474 g/mol. The molecule has 0 aromatic heterocycles. The molecular formula is C20H16Br2N2O2. The number of primary amides is 1. The number of nitrogens with one attached hydrogen (secondary N) is 1. The summed E-state index contributed by atoms with van der Waals surface area (Å²) in [5, 5.41) is 4.93. The second kappa shape index (κ2) is 8.01. The Kier molecular flexibility index (Phi) is 5.74. The van der Waals surface area contributed by atoms with Crippen LogP contribution in [0.5, 0.6) is 0 Å². The Morgan fingerprint density at radius 3 is 2.23 bits per heavy atom. The van der Waals surface area contributed by atoms with Gasteiger partial charge in [-0.05, 0) is 34.5 Å². The van der Waals surface area contributed by atoms with Crippen molar-refractivity contribution in [1.82, 2.24) is 5.32 Å². The van der Waals surface area contributed by atoms with Crippen molar-refractivity contribution in [3.05, 3.63) is 80.7 Å². The normalized spacial score (nSPS) is 11.9. The van der Waals surface area contributed by atoms with Gasteiger partial charge in [-0.3, -0.25) is 9.59 Å². The zero-order chi connectivity index (χ0) is 18.7. The van der Waals surface area contributed by atoms with E-state index in [4.69, 9.17) is 5.73 Å². The second-order valence-electron chi connectivity index (χ2n) is 5.97. The molecule has 0 saturated heterocycles. The average Bonchev–Trinajstić information content (AvgIpc) is 2.60. The Balaban J connectivity index is 1.80. The minimum Gasteiger partial charge on any atom is -0.368 e. The van der Waals surface area contributed by atoms with Crippen molar-refractivity contribution in [2.24, 2.45) is 5.73 Å². The highest BCUT2D eigenvalue weighted by Crippen LogP contribution is 2.20. The lowest BCUT2D eigenvalue weighted by molar-refractivity contribution is -0.119. The van der Waals surface area contributed by atoms with Crippen molar-refractivity contribution in [2.75, 3.05) is 0 Å². The molecule has 1 atom stereocenters. The van der Waals surface area contributed by atoms with Gasteiger partial charge in [0.05, 0.1) is 0 Å². The molecule has 3 aromatic carbocycles. The van der Waals surface area contributed by atoms with E-state index in [0.29, 0.717) is 12.0 Å². The number of carbonyl (C=O) groups excluding carboxylic acids is 2. The molecule has 0 saturated carbocycles. The van der Waals surface area contributed by atoms with Gasteiger partial charge in [0.15, 0.2) is 0 Å². The predicted octanol–water partition coefficient (Wildman–Crippen LogP) is 4.19. The summed E-state index contributed by atoms with van der Waals surface area (Å²) in [6, 6.07) is 18.3. The number of benzene rings is 3. The van der Waals surface area contributed by atoms with Crippen molar-refractivity contribution in [3.8, 4) is 0 Å². The fraction of sp³-hybridized carbons (Fsp3) is 0.100. The zero-order valence-electron chi connectivity index (χ0n) is 13.7. The molecule has 3 rings (SSSR count). The van der Waals surface area contributed by atoms with Crippen LogP contribution in [0, 0.1) is 0 Å². The van der Waals surface area contributed by atoms with Gasteiger partial charge in [-0.15, -0.1) is 0 Å². The molecule has 2 amide bonds. The number of fused-ring (bicyclic) bond motifs is 1. The lowest BCUT2D eigenvalue weighted by Gasteiger charge is -2.16. The standard InChI is InChI=1S/C20H16Br2N2O2/c21-16-9-15(10-17(22)11-16)20(26)24-18(19(23)25)8-12-5-6-13-3-1-2-4-14(13)7-12/h1-7,9-11,18H,8H2,(H2,23,25)(H,24,26)/t18-/m1/s1. The Morgan fingerprint density at radius 1 is 0.923 bits per heavy atom. The lowest BCUT2D eigenvalue weighted by Crippen LogP contribution is -2.45. The molecule has 0 aliphatic rings. The van der Waals surface area contributed by atoms with Crippen LogP contribution < -0.4 is 11.1 Å². The van der Waals surface area contributed by atoms with E-state index in [1.165, 1.54) is 0 Å². The van der Waals surface area contributed by atoms with Gasteiger partial charge in [-0.2, -0.15) is 0 Å². The van der Waals surface area contributed by atoms with E-state index in [-0.39, 0.29) is 5.91 Å². The van der Waals surface area contributed by atoms with Crippen LogP contribution in [0.1, 0.15) is 15.9 Å². The molecule has 0 unspecified atom stereocenters. The number of nitrogens with two attached hydrogens (primary N) is 1. The second-order valence-corrected chi connectivity index (χ2v) is 7.80. The fourth-order valence-electron chi connectivity index (χ4n) is 2.75. The molecule has 0 aliphatic carbocycles. The third-order valence-electron chi connectivity index (χ3n) is 4.03. The van der Waals surface area contributed by atoms with Gasteiger partial charge in [0.25, 0.3) is 5.91 Å². The van der Waals surface area contributed by atoms with Gasteiger partial charge in [0.2, 0.25) is 5.91 Å². The van der Waals surface area contributed by atoms with Gasteiger partial charge in [-0.25, -0.2) is 0 Å². The minimum atomic E-state index is -0.790. The third kappa shape index (κ3) is 4.51. The van der Waals surface area contributed by atoms with Crippen LogP contribution in [-0.4, -0.2) is 17.9 Å².